The molecule has 3 nitrogen and oxygen atoms in total. The molecule has 0 fully saturated rings. The maximum Gasteiger partial charge on any atom is 0.134 e. The van der Waals surface area contributed by atoms with Crippen LogP contribution in [0.5, 0.6) is 0 Å². The summed E-state index contributed by atoms with van der Waals surface area (Å²) in [6, 6.07) is 9.10. The molecule has 2 aromatic rings. The summed E-state index contributed by atoms with van der Waals surface area (Å²) in [5.41, 5.74) is 6.42. The van der Waals surface area contributed by atoms with Crippen LogP contribution in [0.15, 0.2) is 34.7 Å². The maximum absolute atomic E-state index is 8.83. The SMILES string of the molecule is Cl.N[C@H](CO)c1cc2ccccc2o1. The number of aliphatic hydroxyl groups excluding tert-OH is 1. The number of benzene rings is 1. The van der Waals surface area contributed by atoms with E-state index in [9.17, 15) is 0 Å². The summed E-state index contributed by atoms with van der Waals surface area (Å²) in [5.74, 6) is 0.628. The second-order valence-electron chi connectivity index (χ2n) is 2.98. The lowest BCUT2D eigenvalue weighted by molar-refractivity contribution is 0.254. The Bertz CT molecular complexity index is 380. The second-order valence-corrected chi connectivity index (χ2v) is 2.98. The van der Waals surface area contributed by atoms with Crippen molar-refractivity contribution in [1.82, 2.24) is 0 Å². The molecule has 1 aromatic heterocycles. The van der Waals surface area contributed by atoms with Crippen molar-refractivity contribution < 1.29 is 9.52 Å². The third-order valence-corrected chi connectivity index (χ3v) is 2.01. The van der Waals surface area contributed by atoms with Crippen LogP contribution >= 0.6 is 12.4 Å². The lowest BCUT2D eigenvalue weighted by atomic mass is 10.2. The van der Waals surface area contributed by atoms with Crippen LogP contribution in [-0.4, -0.2) is 11.7 Å². The van der Waals surface area contributed by atoms with Crippen LogP contribution in [0.25, 0.3) is 11.0 Å². The van der Waals surface area contributed by atoms with Gasteiger partial charge < -0.3 is 15.3 Å². The Hall–Kier alpha value is -1.03. The van der Waals surface area contributed by atoms with E-state index in [2.05, 4.69) is 0 Å². The molecule has 0 aliphatic heterocycles. The van der Waals surface area contributed by atoms with Crippen molar-refractivity contribution in [3.05, 3.63) is 36.1 Å². The van der Waals surface area contributed by atoms with Crippen LogP contribution in [-0.2, 0) is 0 Å². The molecular weight excluding hydrogens is 202 g/mol. The first-order valence-electron chi connectivity index (χ1n) is 4.16. The zero-order valence-corrected chi connectivity index (χ0v) is 8.33. The first-order valence-corrected chi connectivity index (χ1v) is 4.16. The summed E-state index contributed by atoms with van der Waals surface area (Å²) in [6.45, 7) is -0.0974. The minimum atomic E-state index is -0.424. The molecule has 0 aliphatic carbocycles. The second kappa shape index (κ2) is 4.46. The summed E-state index contributed by atoms with van der Waals surface area (Å²) < 4.78 is 5.44. The number of fused-ring (bicyclic) bond motifs is 1. The fourth-order valence-corrected chi connectivity index (χ4v) is 1.28. The number of nitrogens with two attached hydrogens (primary N) is 1. The summed E-state index contributed by atoms with van der Waals surface area (Å²) in [6.07, 6.45) is 0. The van der Waals surface area contributed by atoms with Crippen molar-refractivity contribution in [2.24, 2.45) is 5.73 Å². The van der Waals surface area contributed by atoms with E-state index in [1.807, 2.05) is 30.3 Å². The molecule has 1 heterocycles. The van der Waals surface area contributed by atoms with E-state index >= 15 is 0 Å². The van der Waals surface area contributed by atoms with Crippen molar-refractivity contribution in [3.63, 3.8) is 0 Å². The molecule has 3 N–H and O–H groups in total. The van der Waals surface area contributed by atoms with Crippen molar-refractivity contribution >= 4 is 23.4 Å². The van der Waals surface area contributed by atoms with Crippen LogP contribution in [0.1, 0.15) is 11.8 Å². The fraction of sp³-hybridized carbons (Fsp3) is 0.200. The Balaban J connectivity index is 0.000000980. The van der Waals surface area contributed by atoms with Crippen LogP contribution in [0.3, 0.4) is 0 Å². The van der Waals surface area contributed by atoms with Crippen molar-refractivity contribution in [1.29, 1.82) is 0 Å². The largest absolute Gasteiger partial charge is 0.459 e. The van der Waals surface area contributed by atoms with E-state index in [1.165, 1.54) is 0 Å². The Kier molecular flexibility index (Phi) is 3.52. The van der Waals surface area contributed by atoms with Gasteiger partial charge in [-0.2, -0.15) is 0 Å². The molecule has 0 amide bonds. The van der Waals surface area contributed by atoms with Crippen LogP contribution < -0.4 is 5.73 Å². The average Bonchev–Trinajstić information content (AvgIpc) is 2.59. The molecule has 0 radical (unpaired) electrons. The van der Waals surface area contributed by atoms with Crippen molar-refractivity contribution in [2.75, 3.05) is 6.61 Å². The summed E-state index contributed by atoms with van der Waals surface area (Å²) in [7, 11) is 0. The molecule has 1 atom stereocenters. The third-order valence-electron chi connectivity index (χ3n) is 2.01. The number of hydrogen-bond acceptors (Lipinski definition) is 3. The normalized spacial score (nSPS) is 12.4. The molecule has 0 bridgehead atoms. The quantitative estimate of drug-likeness (QED) is 0.801. The molecule has 0 spiro atoms. The van der Waals surface area contributed by atoms with Gasteiger partial charge in [-0.15, -0.1) is 12.4 Å². The van der Waals surface area contributed by atoms with E-state index in [0.29, 0.717) is 5.76 Å². The number of rotatable bonds is 2. The Labute approximate surface area is 87.9 Å². The Morgan fingerprint density at radius 1 is 1.36 bits per heavy atom. The summed E-state index contributed by atoms with van der Waals surface area (Å²) >= 11 is 0. The molecule has 14 heavy (non-hydrogen) atoms. The lowest BCUT2D eigenvalue weighted by Gasteiger charge is -2.01. The number of furan rings is 1. The fourth-order valence-electron chi connectivity index (χ4n) is 1.28. The van der Waals surface area contributed by atoms with Crippen molar-refractivity contribution in [3.8, 4) is 0 Å². The Morgan fingerprint density at radius 2 is 2.07 bits per heavy atom. The highest BCUT2D eigenvalue weighted by molar-refractivity contribution is 5.85. The highest BCUT2D eigenvalue weighted by Crippen LogP contribution is 2.22. The molecule has 1 aromatic carbocycles. The van der Waals surface area contributed by atoms with E-state index in [0.717, 1.165) is 11.0 Å². The van der Waals surface area contributed by atoms with Crippen LogP contribution in [0.4, 0.5) is 0 Å². The van der Waals surface area contributed by atoms with Gasteiger partial charge in [-0.25, -0.2) is 0 Å². The molecule has 0 saturated carbocycles. The lowest BCUT2D eigenvalue weighted by Crippen LogP contribution is -2.13. The van der Waals surface area contributed by atoms with Crippen LogP contribution in [0.2, 0.25) is 0 Å². The first kappa shape index (κ1) is 11.0. The number of hydrogen-bond donors (Lipinski definition) is 2. The first-order chi connectivity index (χ1) is 6.31. The molecule has 4 heteroatoms. The van der Waals surface area contributed by atoms with Gasteiger partial charge in [-0.05, 0) is 12.1 Å². The van der Waals surface area contributed by atoms with Gasteiger partial charge in [0.05, 0.1) is 12.6 Å². The third kappa shape index (κ3) is 1.90. The molecular formula is C10H12ClNO2. The maximum atomic E-state index is 8.83. The number of halogens is 1. The topological polar surface area (TPSA) is 59.4 Å². The van der Waals surface area contributed by atoms with E-state index < -0.39 is 6.04 Å². The molecule has 76 valence electrons. The van der Waals surface area contributed by atoms with E-state index in [1.54, 1.807) is 0 Å². The molecule has 2 rings (SSSR count). The highest BCUT2D eigenvalue weighted by Gasteiger charge is 2.09. The van der Waals surface area contributed by atoms with Gasteiger partial charge in [0.15, 0.2) is 0 Å². The van der Waals surface area contributed by atoms with Gasteiger partial charge in [0, 0.05) is 5.39 Å². The van der Waals surface area contributed by atoms with Gasteiger partial charge in [0.2, 0.25) is 0 Å². The minimum Gasteiger partial charge on any atom is -0.459 e. The molecule has 0 aliphatic rings. The Morgan fingerprint density at radius 3 is 2.71 bits per heavy atom. The molecule has 0 unspecified atom stereocenters. The van der Waals surface area contributed by atoms with Gasteiger partial charge in [-0.1, -0.05) is 18.2 Å². The van der Waals surface area contributed by atoms with Gasteiger partial charge in [0.1, 0.15) is 11.3 Å². The van der Waals surface area contributed by atoms with E-state index in [4.69, 9.17) is 15.3 Å². The predicted octanol–water partition coefficient (Wildman–Crippen LogP) is 1.85. The zero-order valence-electron chi connectivity index (χ0n) is 7.51. The van der Waals surface area contributed by atoms with Crippen LogP contribution in [0, 0.1) is 0 Å². The average molecular weight is 214 g/mol. The van der Waals surface area contributed by atoms with Gasteiger partial charge in [0.25, 0.3) is 0 Å². The smallest absolute Gasteiger partial charge is 0.134 e. The van der Waals surface area contributed by atoms with Gasteiger partial charge >= 0.3 is 0 Å². The summed E-state index contributed by atoms with van der Waals surface area (Å²) in [4.78, 5) is 0. The standard InChI is InChI=1S/C10H11NO2.ClH/c11-8(6-12)10-5-7-3-1-2-4-9(7)13-10;/h1-5,8,12H,6,11H2;1H/t8-;/m1./s1. The molecule has 0 saturated heterocycles. The zero-order chi connectivity index (χ0) is 9.26. The highest BCUT2D eigenvalue weighted by atomic mass is 35.5. The summed E-state index contributed by atoms with van der Waals surface area (Å²) in [5, 5.41) is 9.84. The monoisotopic (exact) mass is 213 g/mol. The van der Waals surface area contributed by atoms with E-state index in [-0.39, 0.29) is 19.0 Å². The number of para-hydroxylation sites is 1. The minimum absolute atomic E-state index is 0. The predicted molar refractivity (Wildman–Crippen MR) is 57.5 cm³/mol. The number of aliphatic hydroxyl groups is 1. The van der Waals surface area contributed by atoms with Crippen molar-refractivity contribution in [2.45, 2.75) is 6.04 Å². The van der Waals surface area contributed by atoms with Gasteiger partial charge in [-0.3, -0.25) is 0 Å².